The zero-order valence-corrected chi connectivity index (χ0v) is 16.8. The summed E-state index contributed by atoms with van der Waals surface area (Å²) in [6, 6.07) is 10.2. The quantitative estimate of drug-likeness (QED) is 0.826. The van der Waals surface area contributed by atoms with Crippen molar-refractivity contribution in [1.29, 1.82) is 0 Å². The first kappa shape index (κ1) is 18.2. The summed E-state index contributed by atoms with van der Waals surface area (Å²) in [5, 5.41) is 3.56. The molecule has 0 atom stereocenters. The Hall–Kier alpha value is -2.16. The normalized spacial score (nSPS) is 24.4. The third-order valence-electron chi connectivity index (χ3n) is 6.12. The molecular formula is C24H29NO2. The summed E-state index contributed by atoms with van der Waals surface area (Å²) in [6.07, 6.45) is 3.57. The van der Waals surface area contributed by atoms with Gasteiger partial charge in [-0.2, -0.15) is 0 Å². The zero-order chi connectivity index (χ0) is 19.4. The Labute approximate surface area is 161 Å². The van der Waals surface area contributed by atoms with Gasteiger partial charge < -0.3 is 5.32 Å². The van der Waals surface area contributed by atoms with Gasteiger partial charge in [-0.05, 0) is 35.7 Å². The minimum absolute atomic E-state index is 0.0352. The molecule has 0 unspecified atom stereocenters. The van der Waals surface area contributed by atoms with Crippen molar-refractivity contribution in [1.82, 2.24) is 5.32 Å². The van der Waals surface area contributed by atoms with Crippen LogP contribution in [0.25, 0.3) is 0 Å². The van der Waals surface area contributed by atoms with Gasteiger partial charge in [0, 0.05) is 41.3 Å². The van der Waals surface area contributed by atoms with Gasteiger partial charge in [-0.25, -0.2) is 0 Å². The van der Waals surface area contributed by atoms with E-state index in [1.807, 2.05) is 18.2 Å². The molecule has 142 valence electrons. The van der Waals surface area contributed by atoms with Crippen molar-refractivity contribution >= 4 is 11.6 Å². The van der Waals surface area contributed by atoms with E-state index in [4.69, 9.17) is 0 Å². The maximum absolute atomic E-state index is 13.1. The summed E-state index contributed by atoms with van der Waals surface area (Å²) >= 11 is 0. The topological polar surface area (TPSA) is 46.2 Å². The fourth-order valence-corrected chi connectivity index (χ4v) is 5.08. The fourth-order valence-electron chi connectivity index (χ4n) is 5.08. The molecule has 1 aromatic rings. The Morgan fingerprint density at radius 1 is 0.815 bits per heavy atom. The maximum atomic E-state index is 13.1. The van der Waals surface area contributed by atoms with Gasteiger partial charge in [-0.3, -0.25) is 9.59 Å². The molecular weight excluding hydrogens is 334 g/mol. The molecule has 0 spiro atoms. The molecule has 1 aliphatic heterocycles. The number of nitrogens with one attached hydrogen (secondary N) is 1. The smallest absolute Gasteiger partial charge is 0.161 e. The van der Waals surface area contributed by atoms with E-state index in [1.165, 1.54) is 5.56 Å². The second-order valence-electron chi connectivity index (χ2n) is 10.0. The summed E-state index contributed by atoms with van der Waals surface area (Å²) in [4.78, 5) is 26.2. The van der Waals surface area contributed by atoms with E-state index in [2.05, 4.69) is 45.1 Å². The van der Waals surface area contributed by atoms with Gasteiger partial charge in [-0.1, -0.05) is 58.0 Å². The summed E-state index contributed by atoms with van der Waals surface area (Å²) in [7, 11) is 0. The van der Waals surface area contributed by atoms with E-state index in [1.54, 1.807) is 0 Å². The predicted octanol–water partition coefficient (Wildman–Crippen LogP) is 4.73. The predicted molar refractivity (Wildman–Crippen MR) is 107 cm³/mol. The van der Waals surface area contributed by atoms with Gasteiger partial charge in [0.05, 0.1) is 0 Å². The lowest BCUT2D eigenvalue weighted by molar-refractivity contribution is -0.119. The van der Waals surface area contributed by atoms with Crippen LogP contribution in [0.4, 0.5) is 0 Å². The van der Waals surface area contributed by atoms with E-state index in [-0.39, 0.29) is 28.3 Å². The molecule has 2 aliphatic carbocycles. The van der Waals surface area contributed by atoms with Gasteiger partial charge in [0.2, 0.25) is 0 Å². The number of hydrogen-bond donors (Lipinski definition) is 1. The van der Waals surface area contributed by atoms with Crippen LogP contribution in [0.2, 0.25) is 0 Å². The van der Waals surface area contributed by atoms with E-state index < -0.39 is 0 Å². The fraction of sp³-hybridized carbons (Fsp3) is 0.500. The lowest BCUT2D eigenvalue weighted by Crippen LogP contribution is -2.43. The van der Waals surface area contributed by atoms with Gasteiger partial charge in [0.1, 0.15) is 0 Å². The summed E-state index contributed by atoms with van der Waals surface area (Å²) in [5.41, 5.74) is 4.95. The van der Waals surface area contributed by atoms with Crippen LogP contribution in [0.5, 0.6) is 0 Å². The van der Waals surface area contributed by atoms with Gasteiger partial charge in [-0.15, -0.1) is 0 Å². The van der Waals surface area contributed by atoms with E-state index >= 15 is 0 Å². The molecule has 4 rings (SSSR count). The molecule has 0 amide bonds. The molecule has 3 nitrogen and oxygen atoms in total. The van der Waals surface area contributed by atoms with Crippen LogP contribution in [0.1, 0.15) is 58.9 Å². The minimum atomic E-state index is -0.106. The number of carbonyl (C=O) groups is 2. The monoisotopic (exact) mass is 363 g/mol. The zero-order valence-electron chi connectivity index (χ0n) is 16.8. The minimum Gasteiger partial charge on any atom is -0.362 e. The molecule has 0 bridgehead atoms. The average Bonchev–Trinajstić information content (AvgIpc) is 2.52. The number of ketones is 2. The number of carbonyl (C=O) groups excluding carboxylic acids is 2. The second-order valence-corrected chi connectivity index (χ2v) is 10.0. The van der Waals surface area contributed by atoms with Crippen LogP contribution in [0.3, 0.4) is 0 Å². The molecule has 0 radical (unpaired) electrons. The van der Waals surface area contributed by atoms with Crippen LogP contribution in [-0.2, 0) is 16.0 Å². The average molecular weight is 364 g/mol. The van der Waals surface area contributed by atoms with E-state index in [0.717, 1.165) is 41.8 Å². The molecule has 0 fully saturated rings. The van der Waals surface area contributed by atoms with Gasteiger partial charge >= 0.3 is 0 Å². The number of benzene rings is 1. The number of hydrogen-bond acceptors (Lipinski definition) is 3. The van der Waals surface area contributed by atoms with Crippen molar-refractivity contribution in [2.24, 2.45) is 16.7 Å². The largest absolute Gasteiger partial charge is 0.362 e. The van der Waals surface area contributed by atoms with Gasteiger partial charge in [0.25, 0.3) is 0 Å². The second kappa shape index (κ2) is 6.19. The third kappa shape index (κ3) is 3.40. The van der Waals surface area contributed by atoms with Crippen molar-refractivity contribution in [3.8, 4) is 0 Å². The highest BCUT2D eigenvalue weighted by Crippen LogP contribution is 2.48. The molecule has 27 heavy (non-hydrogen) atoms. The lowest BCUT2D eigenvalue weighted by Gasteiger charge is -2.43. The van der Waals surface area contributed by atoms with Crippen LogP contribution in [0.15, 0.2) is 52.9 Å². The highest BCUT2D eigenvalue weighted by molar-refractivity contribution is 6.05. The van der Waals surface area contributed by atoms with Crippen LogP contribution < -0.4 is 5.32 Å². The van der Waals surface area contributed by atoms with Crippen molar-refractivity contribution in [2.45, 2.75) is 59.8 Å². The number of dihydropyridines is 1. The molecule has 1 N–H and O–H groups in total. The van der Waals surface area contributed by atoms with Crippen molar-refractivity contribution in [2.75, 3.05) is 0 Å². The Morgan fingerprint density at radius 3 is 1.78 bits per heavy atom. The Balaban J connectivity index is 1.81. The van der Waals surface area contributed by atoms with Crippen molar-refractivity contribution < 1.29 is 9.59 Å². The molecule has 1 heterocycles. The number of Topliss-reactive ketones (excluding diaryl/α,β-unsaturated/α-hetero) is 2. The number of rotatable bonds is 2. The van der Waals surface area contributed by atoms with E-state index in [0.29, 0.717) is 12.8 Å². The maximum Gasteiger partial charge on any atom is 0.161 e. The van der Waals surface area contributed by atoms with Crippen molar-refractivity contribution in [3.63, 3.8) is 0 Å². The van der Waals surface area contributed by atoms with Crippen molar-refractivity contribution in [3.05, 3.63) is 58.4 Å². The summed E-state index contributed by atoms with van der Waals surface area (Å²) in [5.74, 6) is 0.309. The summed E-state index contributed by atoms with van der Waals surface area (Å²) < 4.78 is 0. The van der Waals surface area contributed by atoms with Crippen LogP contribution >= 0.6 is 0 Å². The molecule has 0 saturated carbocycles. The molecule has 3 aliphatic rings. The molecule has 1 aromatic carbocycles. The van der Waals surface area contributed by atoms with Crippen LogP contribution in [0, 0.1) is 16.7 Å². The highest BCUT2D eigenvalue weighted by Gasteiger charge is 2.45. The number of allylic oxidation sites excluding steroid dienone is 4. The first-order valence-electron chi connectivity index (χ1n) is 9.99. The lowest BCUT2D eigenvalue weighted by atomic mass is 9.64. The first-order valence-corrected chi connectivity index (χ1v) is 9.99. The first-order chi connectivity index (χ1) is 12.7. The molecule has 0 saturated heterocycles. The highest BCUT2D eigenvalue weighted by atomic mass is 16.1. The summed E-state index contributed by atoms with van der Waals surface area (Å²) in [6.45, 7) is 8.62. The molecule has 0 aromatic heterocycles. The molecule has 3 heteroatoms. The standard InChI is InChI=1S/C24H29NO2/c1-23(2)11-17-21(19(26)13-23)16(10-15-8-6-5-7-9-15)22-18(25-17)12-24(3,4)14-20(22)27/h5-9,16,25H,10-14H2,1-4H3. The SMILES string of the molecule is CC1(C)CC(=O)C2=C(C1)NC1=C(C(=O)CC(C)(C)C1)C2Cc1ccccc1. The Kier molecular flexibility index (Phi) is 4.17. The van der Waals surface area contributed by atoms with Gasteiger partial charge in [0.15, 0.2) is 11.6 Å². The van der Waals surface area contributed by atoms with Crippen LogP contribution in [-0.4, -0.2) is 11.6 Å². The van der Waals surface area contributed by atoms with E-state index in [9.17, 15) is 9.59 Å². The Morgan fingerprint density at radius 2 is 1.30 bits per heavy atom. The third-order valence-corrected chi connectivity index (χ3v) is 6.12. The Bertz CT molecular complexity index is 819.